The molecule has 2 aliphatic rings. The number of ether oxygens (including phenoxy) is 1. The van der Waals surface area contributed by atoms with Gasteiger partial charge in [-0.2, -0.15) is 0 Å². The maximum atomic E-state index is 12.6. The smallest absolute Gasteiger partial charge is 0.228 e. The standard InChI is InChI=1S/C19H27N3O3/c1-13(2)11-22-7-8-25-14(12-22)10-20-19(24)16-9-18(23)21-17-6-4-3-5-15(16)17/h3-6,13-14,16H,7-12H2,1-2H3,(H,20,24)(H,21,23)/t14-,16+/m0/s1. The van der Waals surface area contributed by atoms with Gasteiger partial charge in [0.15, 0.2) is 0 Å². The minimum absolute atomic E-state index is 0.00381. The highest BCUT2D eigenvalue weighted by atomic mass is 16.5. The first-order valence-electron chi connectivity index (χ1n) is 9.03. The molecule has 1 saturated heterocycles. The van der Waals surface area contributed by atoms with Gasteiger partial charge < -0.3 is 15.4 Å². The summed E-state index contributed by atoms with van der Waals surface area (Å²) in [5.74, 6) is -0.0336. The van der Waals surface area contributed by atoms with E-state index in [1.54, 1.807) is 0 Å². The number of anilines is 1. The summed E-state index contributed by atoms with van der Waals surface area (Å²) in [4.78, 5) is 26.9. The maximum absolute atomic E-state index is 12.6. The van der Waals surface area contributed by atoms with E-state index in [9.17, 15) is 9.59 Å². The van der Waals surface area contributed by atoms with Gasteiger partial charge in [0.1, 0.15) is 0 Å². The molecule has 3 rings (SSSR count). The zero-order chi connectivity index (χ0) is 17.8. The SMILES string of the molecule is CC(C)CN1CCO[C@@H](CNC(=O)[C@@H]2CC(=O)Nc3ccccc32)C1. The van der Waals surface area contributed by atoms with Crippen LogP contribution in [0.4, 0.5) is 5.69 Å². The average Bonchev–Trinajstić information content (AvgIpc) is 2.58. The van der Waals surface area contributed by atoms with Gasteiger partial charge in [-0.3, -0.25) is 14.5 Å². The van der Waals surface area contributed by atoms with Crippen LogP contribution >= 0.6 is 0 Å². The molecule has 2 aliphatic heterocycles. The second kappa shape index (κ2) is 7.97. The topological polar surface area (TPSA) is 70.7 Å². The monoisotopic (exact) mass is 345 g/mol. The molecule has 1 fully saturated rings. The Morgan fingerprint density at radius 2 is 2.20 bits per heavy atom. The summed E-state index contributed by atoms with van der Waals surface area (Å²) in [6.45, 7) is 8.41. The van der Waals surface area contributed by atoms with Crippen LogP contribution in [0.25, 0.3) is 0 Å². The molecule has 0 aromatic heterocycles. The molecule has 1 aromatic carbocycles. The van der Waals surface area contributed by atoms with Gasteiger partial charge in [0.05, 0.1) is 18.6 Å². The van der Waals surface area contributed by atoms with E-state index in [2.05, 4.69) is 29.4 Å². The summed E-state index contributed by atoms with van der Waals surface area (Å²) in [5, 5.41) is 5.81. The lowest BCUT2D eigenvalue weighted by Crippen LogP contribution is -2.49. The number of hydrogen-bond donors (Lipinski definition) is 2. The summed E-state index contributed by atoms with van der Waals surface area (Å²) < 4.78 is 5.78. The van der Waals surface area contributed by atoms with E-state index in [1.165, 1.54) is 0 Å². The molecule has 0 saturated carbocycles. The second-order valence-corrected chi connectivity index (χ2v) is 7.28. The quantitative estimate of drug-likeness (QED) is 0.850. The molecule has 136 valence electrons. The highest BCUT2D eigenvalue weighted by Crippen LogP contribution is 2.31. The Balaban J connectivity index is 1.57. The molecular formula is C19H27N3O3. The van der Waals surface area contributed by atoms with Crippen LogP contribution in [-0.4, -0.2) is 55.6 Å². The first-order chi connectivity index (χ1) is 12.0. The highest BCUT2D eigenvalue weighted by molar-refractivity contribution is 6.01. The zero-order valence-corrected chi connectivity index (χ0v) is 15.0. The molecule has 0 radical (unpaired) electrons. The van der Waals surface area contributed by atoms with E-state index in [0.29, 0.717) is 19.1 Å². The van der Waals surface area contributed by atoms with E-state index in [0.717, 1.165) is 30.9 Å². The van der Waals surface area contributed by atoms with E-state index >= 15 is 0 Å². The third-order valence-corrected chi connectivity index (χ3v) is 4.67. The molecule has 2 atom stereocenters. The Bertz CT molecular complexity index is 632. The van der Waals surface area contributed by atoms with Crippen LogP contribution in [0, 0.1) is 5.92 Å². The van der Waals surface area contributed by atoms with Crippen molar-refractivity contribution in [1.29, 1.82) is 0 Å². The minimum atomic E-state index is -0.430. The fraction of sp³-hybridized carbons (Fsp3) is 0.579. The fourth-order valence-electron chi connectivity index (χ4n) is 3.57. The minimum Gasteiger partial charge on any atom is -0.374 e. The predicted octanol–water partition coefficient (Wildman–Crippen LogP) is 1.59. The maximum Gasteiger partial charge on any atom is 0.228 e. The number of benzene rings is 1. The van der Waals surface area contributed by atoms with Crippen molar-refractivity contribution >= 4 is 17.5 Å². The Labute approximate surface area is 148 Å². The number of morpholine rings is 1. The number of amides is 2. The number of nitrogens with one attached hydrogen (secondary N) is 2. The number of nitrogens with zero attached hydrogens (tertiary/aromatic N) is 1. The van der Waals surface area contributed by atoms with Crippen LogP contribution in [-0.2, 0) is 14.3 Å². The zero-order valence-electron chi connectivity index (χ0n) is 15.0. The molecule has 6 nitrogen and oxygen atoms in total. The molecule has 2 heterocycles. The Morgan fingerprint density at radius 1 is 1.40 bits per heavy atom. The summed E-state index contributed by atoms with van der Waals surface area (Å²) >= 11 is 0. The van der Waals surface area contributed by atoms with Crippen molar-refractivity contribution in [1.82, 2.24) is 10.2 Å². The van der Waals surface area contributed by atoms with Crippen molar-refractivity contribution in [3.8, 4) is 0 Å². The summed E-state index contributed by atoms with van der Waals surface area (Å²) in [7, 11) is 0. The van der Waals surface area contributed by atoms with Gasteiger partial charge in [-0.25, -0.2) is 0 Å². The molecule has 0 unspecified atom stereocenters. The Hall–Kier alpha value is -1.92. The molecule has 6 heteroatoms. The predicted molar refractivity (Wildman–Crippen MR) is 96.5 cm³/mol. The molecular weight excluding hydrogens is 318 g/mol. The van der Waals surface area contributed by atoms with Crippen LogP contribution in [0.1, 0.15) is 31.7 Å². The largest absolute Gasteiger partial charge is 0.374 e. The molecule has 0 spiro atoms. The van der Waals surface area contributed by atoms with E-state index in [1.807, 2.05) is 24.3 Å². The van der Waals surface area contributed by atoms with Gasteiger partial charge in [0, 0.05) is 38.3 Å². The summed E-state index contributed by atoms with van der Waals surface area (Å²) in [5.41, 5.74) is 1.61. The van der Waals surface area contributed by atoms with Gasteiger partial charge in [-0.15, -0.1) is 0 Å². The van der Waals surface area contributed by atoms with Gasteiger partial charge in [-0.05, 0) is 17.5 Å². The van der Waals surface area contributed by atoms with Gasteiger partial charge >= 0.3 is 0 Å². The van der Waals surface area contributed by atoms with Crippen molar-refractivity contribution in [2.24, 2.45) is 5.92 Å². The number of carbonyl (C=O) groups excluding carboxylic acids is 2. The third-order valence-electron chi connectivity index (χ3n) is 4.67. The van der Waals surface area contributed by atoms with Crippen LogP contribution in [0.3, 0.4) is 0 Å². The molecule has 2 N–H and O–H groups in total. The van der Waals surface area contributed by atoms with Crippen LogP contribution in [0.2, 0.25) is 0 Å². The lowest BCUT2D eigenvalue weighted by molar-refractivity contribution is -0.127. The number of carbonyl (C=O) groups is 2. The van der Waals surface area contributed by atoms with Gasteiger partial charge in [0.25, 0.3) is 0 Å². The molecule has 1 aromatic rings. The molecule has 2 amide bonds. The van der Waals surface area contributed by atoms with E-state index in [-0.39, 0.29) is 24.3 Å². The lowest BCUT2D eigenvalue weighted by atomic mass is 9.90. The second-order valence-electron chi connectivity index (χ2n) is 7.28. The van der Waals surface area contributed by atoms with Crippen LogP contribution < -0.4 is 10.6 Å². The third kappa shape index (κ3) is 4.58. The normalized spacial score (nSPS) is 23.9. The fourth-order valence-corrected chi connectivity index (χ4v) is 3.57. The highest BCUT2D eigenvalue weighted by Gasteiger charge is 2.31. The summed E-state index contributed by atoms with van der Waals surface area (Å²) in [6, 6.07) is 7.49. The molecule has 25 heavy (non-hydrogen) atoms. The average molecular weight is 345 g/mol. The van der Waals surface area contributed by atoms with Gasteiger partial charge in [-0.1, -0.05) is 32.0 Å². The van der Waals surface area contributed by atoms with Crippen LogP contribution in [0.5, 0.6) is 0 Å². The molecule has 0 bridgehead atoms. The van der Waals surface area contributed by atoms with Crippen molar-refractivity contribution in [3.63, 3.8) is 0 Å². The number of para-hydroxylation sites is 1. The molecule has 0 aliphatic carbocycles. The lowest BCUT2D eigenvalue weighted by Gasteiger charge is -2.34. The van der Waals surface area contributed by atoms with E-state index in [4.69, 9.17) is 4.74 Å². The number of fused-ring (bicyclic) bond motifs is 1. The first-order valence-corrected chi connectivity index (χ1v) is 9.03. The summed E-state index contributed by atoms with van der Waals surface area (Å²) in [6.07, 6.45) is 0.192. The van der Waals surface area contributed by atoms with Gasteiger partial charge in [0.2, 0.25) is 11.8 Å². The first kappa shape index (κ1) is 17.9. The van der Waals surface area contributed by atoms with Crippen molar-refractivity contribution in [2.75, 3.05) is 38.1 Å². The Kier molecular flexibility index (Phi) is 5.71. The van der Waals surface area contributed by atoms with Crippen molar-refractivity contribution < 1.29 is 14.3 Å². The van der Waals surface area contributed by atoms with Crippen LogP contribution in [0.15, 0.2) is 24.3 Å². The van der Waals surface area contributed by atoms with Crippen molar-refractivity contribution in [3.05, 3.63) is 29.8 Å². The number of rotatable bonds is 5. The van der Waals surface area contributed by atoms with Crippen molar-refractivity contribution in [2.45, 2.75) is 32.3 Å². The number of hydrogen-bond acceptors (Lipinski definition) is 4. The Morgan fingerprint density at radius 3 is 3.00 bits per heavy atom. The van der Waals surface area contributed by atoms with E-state index < -0.39 is 5.92 Å².